The average Bonchev–Trinajstić information content (AvgIpc) is 2.54. The lowest BCUT2D eigenvalue weighted by Gasteiger charge is -2.13. The van der Waals surface area contributed by atoms with E-state index in [0.29, 0.717) is 12.1 Å². The first-order valence-electron chi connectivity index (χ1n) is 6.58. The summed E-state index contributed by atoms with van der Waals surface area (Å²) in [7, 11) is 1.30. The third-order valence-electron chi connectivity index (χ3n) is 3.02. The minimum atomic E-state index is -4.74. The number of hydrogen-bond donors (Lipinski definition) is 0. The highest BCUT2D eigenvalue weighted by atomic mass is 19.4. The van der Waals surface area contributed by atoms with Gasteiger partial charge in [-0.15, -0.1) is 0 Å². The van der Waals surface area contributed by atoms with Gasteiger partial charge in [-0.05, 0) is 24.3 Å². The average molecular weight is 357 g/mol. The molecule has 0 amide bonds. The molecule has 0 aliphatic rings. The normalized spacial score (nSPS) is 10.9. The highest BCUT2D eigenvalue weighted by molar-refractivity contribution is 5.55. The molecule has 0 heterocycles. The van der Waals surface area contributed by atoms with Crippen LogP contribution in [0.3, 0.4) is 0 Å². The molecule has 0 radical (unpaired) electrons. The standard InChI is InChI=1S/C15H10F3NO6/c1-23-13-5-3-10(24-8-20)7-14(13)25-12-4-2-9(15(16,17)18)6-11(12)19(21)22/h2-8H,1H3. The number of carbonyl (C=O) groups is 1. The molecule has 25 heavy (non-hydrogen) atoms. The zero-order chi connectivity index (χ0) is 18.6. The van der Waals surface area contributed by atoms with Crippen molar-refractivity contribution in [1.29, 1.82) is 0 Å². The third-order valence-corrected chi connectivity index (χ3v) is 3.02. The van der Waals surface area contributed by atoms with Crippen molar-refractivity contribution in [1.82, 2.24) is 0 Å². The van der Waals surface area contributed by atoms with Crippen molar-refractivity contribution in [3.05, 3.63) is 52.1 Å². The van der Waals surface area contributed by atoms with Gasteiger partial charge in [-0.25, -0.2) is 0 Å². The summed E-state index contributed by atoms with van der Waals surface area (Å²) in [6.07, 6.45) is -4.74. The van der Waals surface area contributed by atoms with Gasteiger partial charge in [0.2, 0.25) is 5.75 Å². The summed E-state index contributed by atoms with van der Waals surface area (Å²) in [5, 5.41) is 11.1. The number of hydrogen-bond acceptors (Lipinski definition) is 6. The molecule has 0 saturated heterocycles. The van der Waals surface area contributed by atoms with Crippen LogP contribution in [0.15, 0.2) is 36.4 Å². The molecular weight excluding hydrogens is 347 g/mol. The zero-order valence-electron chi connectivity index (χ0n) is 12.6. The Kier molecular flexibility index (Phi) is 5.11. The van der Waals surface area contributed by atoms with Crippen LogP contribution in [-0.2, 0) is 11.0 Å². The van der Waals surface area contributed by atoms with E-state index >= 15 is 0 Å². The van der Waals surface area contributed by atoms with Gasteiger partial charge < -0.3 is 14.2 Å². The van der Waals surface area contributed by atoms with Gasteiger partial charge in [0.25, 0.3) is 6.47 Å². The van der Waals surface area contributed by atoms with Crippen molar-refractivity contribution in [2.75, 3.05) is 7.11 Å². The Morgan fingerprint density at radius 3 is 2.32 bits per heavy atom. The summed E-state index contributed by atoms with van der Waals surface area (Å²) in [5.74, 6) is -0.322. The lowest BCUT2D eigenvalue weighted by molar-refractivity contribution is -0.385. The van der Waals surface area contributed by atoms with Crippen LogP contribution >= 0.6 is 0 Å². The SMILES string of the molecule is COc1ccc(OC=O)cc1Oc1ccc(C(F)(F)F)cc1[N+](=O)[O-]. The lowest BCUT2D eigenvalue weighted by Crippen LogP contribution is -2.06. The Hall–Kier alpha value is -3.30. The largest absolute Gasteiger partial charge is 0.493 e. The maximum absolute atomic E-state index is 12.7. The number of methoxy groups -OCH3 is 1. The van der Waals surface area contributed by atoms with Gasteiger partial charge in [-0.3, -0.25) is 14.9 Å². The molecule has 0 aliphatic carbocycles. The van der Waals surface area contributed by atoms with E-state index in [-0.39, 0.29) is 23.7 Å². The van der Waals surface area contributed by atoms with Gasteiger partial charge in [0.15, 0.2) is 11.5 Å². The molecule has 132 valence electrons. The van der Waals surface area contributed by atoms with Crippen LogP contribution in [0.1, 0.15) is 5.56 Å². The van der Waals surface area contributed by atoms with Crippen molar-refractivity contribution in [3.8, 4) is 23.0 Å². The van der Waals surface area contributed by atoms with Gasteiger partial charge in [0, 0.05) is 12.1 Å². The molecule has 10 heteroatoms. The first-order chi connectivity index (χ1) is 11.8. The van der Waals surface area contributed by atoms with Gasteiger partial charge in [-0.2, -0.15) is 13.2 Å². The third kappa shape index (κ3) is 4.16. The number of benzene rings is 2. The van der Waals surface area contributed by atoms with E-state index in [1.54, 1.807) is 0 Å². The Balaban J connectivity index is 2.47. The number of nitro groups is 1. The minimum Gasteiger partial charge on any atom is -0.493 e. The first kappa shape index (κ1) is 18.0. The smallest absolute Gasteiger partial charge is 0.416 e. The lowest BCUT2D eigenvalue weighted by atomic mass is 10.2. The van der Waals surface area contributed by atoms with E-state index < -0.39 is 28.1 Å². The predicted molar refractivity (Wildman–Crippen MR) is 77.9 cm³/mol. The van der Waals surface area contributed by atoms with Crippen LogP contribution in [0.4, 0.5) is 18.9 Å². The van der Waals surface area contributed by atoms with Crippen molar-refractivity contribution in [3.63, 3.8) is 0 Å². The highest BCUT2D eigenvalue weighted by Crippen LogP contribution is 2.41. The second-order valence-corrected chi connectivity index (χ2v) is 4.57. The van der Waals surface area contributed by atoms with Crippen LogP contribution in [0, 0.1) is 10.1 Å². The molecule has 2 aromatic carbocycles. The number of nitrogens with zero attached hydrogens (tertiary/aromatic N) is 1. The molecule has 0 spiro atoms. The molecule has 0 N–H and O–H groups in total. The first-order valence-corrected chi connectivity index (χ1v) is 6.58. The van der Waals surface area contributed by atoms with Gasteiger partial charge >= 0.3 is 11.9 Å². The molecule has 0 atom stereocenters. The number of carbonyl (C=O) groups excluding carboxylic acids is 1. The van der Waals surface area contributed by atoms with Crippen LogP contribution in [-0.4, -0.2) is 18.5 Å². The monoisotopic (exact) mass is 357 g/mol. The summed E-state index contributed by atoms with van der Waals surface area (Å²) in [6.45, 7) is 0.159. The van der Waals surface area contributed by atoms with E-state index in [1.807, 2.05) is 0 Å². The minimum absolute atomic E-state index is 0.0559. The Labute approximate surface area is 138 Å². The fourth-order valence-corrected chi connectivity index (χ4v) is 1.91. The van der Waals surface area contributed by atoms with Crippen molar-refractivity contribution < 1.29 is 37.1 Å². The van der Waals surface area contributed by atoms with Crippen LogP contribution in [0.25, 0.3) is 0 Å². The molecule has 0 bridgehead atoms. The molecule has 0 unspecified atom stereocenters. The van der Waals surface area contributed by atoms with Crippen molar-refractivity contribution in [2.45, 2.75) is 6.18 Å². The number of ether oxygens (including phenoxy) is 3. The van der Waals surface area contributed by atoms with E-state index in [1.165, 1.54) is 25.3 Å². The molecule has 7 nitrogen and oxygen atoms in total. The summed E-state index contributed by atoms with van der Waals surface area (Å²) in [4.78, 5) is 20.5. The van der Waals surface area contributed by atoms with Gasteiger partial charge in [-0.1, -0.05) is 0 Å². The van der Waals surface area contributed by atoms with E-state index in [9.17, 15) is 28.1 Å². The number of nitro benzene ring substituents is 1. The topological polar surface area (TPSA) is 87.9 Å². The number of halogens is 3. The summed E-state index contributed by atoms with van der Waals surface area (Å²) in [6, 6.07) is 5.79. The summed E-state index contributed by atoms with van der Waals surface area (Å²) >= 11 is 0. The maximum Gasteiger partial charge on any atom is 0.416 e. The van der Waals surface area contributed by atoms with Crippen LogP contribution < -0.4 is 14.2 Å². The molecule has 2 rings (SSSR count). The number of rotatable bonds is 6. The molecule has 0 aromatic heterocycles. The van der Waals surface area contributed by atoms with Crippen LogP contribution in [0.5, 0.6) is 23.0 Å². The number of alkyl halides is 3. The van der Waals surface area contributed by atoms with E-state index in [4.69, 9.17) is 9.47 Å². The maximum atomic E-state index is 12.7. The zero-order valence-corrected chi connectivity index (χ0v) is 12.6. The molecular formula is C15H10F3NO6. The van der Waals surface area contributed by atoms with E-state index in [2.05, 4.69) is 4.74 Å². The Bertz CT molecular complexity index is 806. The Morgan fingerprint density at radius 2 is 1.76 bits per heavy atom. The molecule has 0 saturated carbocycles. The Morgan fingerprint density at radius 1 is 1.08 bits per heavy atom. The van der Waals surface area contributed by atoms with Gasteiger partial charge in [0.05, 0.1) is 17.6 Å². The predicted octanol–water partition coefficient (Wildman–Crippen LogP) is 3.95. The second-order valence-electron chi connectivity index (χ2n) is 4.57. The quantitative estimate of drug-likeness (QED) is 0.442. The fourth-order valence-electron chi connectivity index (χ4n) is 1.91. The van der Waals surface area contributed by atoms with E-state index in [0.717, 1.165) is 6.07 Å². The van der Waals surface area contributed by atoms with Crippen LogP contribution in [0.2, 0.25) is 0 Å². The second kappa shape index (κ2) is 7.07. The summed E-state index contributed by atoms with van der Waals surface area (Å²) in [5.41, 5.74) is -2.06. The van der Waals surface area contributed by atoms with Gasteiger partial charge in [0.1, 0.15) is 5.75 Å². The van der Waals surface area contributed by atoms with Crippen molar-refractivity contribution in [2.24, 2.45) is 0 Å². The summed E-state index contributed by atoms with van der Waals surface area (Å²) < 4.78 is 53.1. The fraction of sp³-hybridized carbons (Fsp3) is 0.133. The molecule has 2 aromatic rings. The van der Waals surface area contributed by atoms with Crippen molar-refractivity contribution >= 4 is 12.2 Å². The highest BCUT2D eigenvalue weighted by Gasteiger charge is 2.33. The molecule has 0 fully saturated rings. The molecule has 0 aliphatic heterocycles.